The minimum atomic E-state index is -4.37. The Morgan fingerprint density at radius 2 is 0.919 bits per heavy atom. The van der Waals surface area contributed by atoms with Crippen molar-refractivity contribution in [2.24, 2.45) is 0 Å². The van der Waals surface area contributed by atoms with E-state index in [0.717, 1.165) is 57.8 Å². The van der Waals surface area contributed by atoms with Crippen LogP contribution in [0.4, 0.5) is 0 Å². The van der Waals surface area contributed by atoms with Crippen molar-refractivity contribution in [2.45, 2.75) is 225 Å². The van der Waals surface area contributed by atoms with Crippen LogP contribution in [0.1, 0.15) is 219 Å². The summed E-state index contributed by atoms with van der Waals surface area (Å²) in [6.45, 7) is 4.30. The number of phosphoric ester groups is 1. The standard InChI is InChI=1S/C52H96NO8P/c1-6-8-10-12-14-16-17-18-19-20-21-22-23-24-25-26-27-28-29-30-31-32-33-34-35-37-39-41-43-45-52(55)61-50(49-60-62(56,57)59-47-46-53(3,4)5)48-58-51(54)44-42-40-38-36-15-13-11-9-7-2/h8,10,14,16,18-19,21-22,50H,6-7,9,11-13,15,17,20,23-49H2,1-5H3/p+1/b10-8-,16-14-,19-18-,22-21-. The maximum Gasteiger partial charge on any atom is 0.472 e. The number of rotatable bonds is 46. The van der Waals surface area contributed by atoms with Gasteiger partial charge in [-0.3, -0.25) is 18.6 Å². The number of carbonyl (C=O) groups is 2. The molecule has 0 saturated carbocycles. The van der Waals surface area contributed by atoms with Crippen LogP contribution in [0.3, 0.4) is 0 Å². The van der Waals surface area contributed by atoms with Crippen LogP contribution < -0.4 is 0 Å². The quantitative estimate of drug-likeness (QED) is 0.0212. The van der Waals surface area contributed by atoms with Gasteiger partial charge in [-0.1, -0.05) is 204 Å². The number of unbranched alkanes of at least 4 members (excludes halogenated alkanes) is 24. The van der Waals surface area contributed by atoms with Crippen molar-refractivity contribution in [3.05, 3.63) is 48.6 Å². The van der Waals surface area contributed by atoms with Gasteiger partial charge in [0.05, 0.1) is 27.7 Å². The summed E-state index contributed by atoms with van der Waals surface area (Å²) in [6.07, 6.45) is 53.3. The van der Waals surface area contributed by atoms with Crippen molar-refractivity contribution in [1.29, 1.82) is 0 Å². The zero-order valence-electron chi connectivity index (χ0n) is 40.9. The molecule has 0 radical (unpaired) electrons. The molecule has 0 heterocycles. The number of nitrogens with zero attached hydrogens (tertiary/aromatic N) is 1. The first-order chi connectivity index (χ1) is 30.0. The normalized spacial score (nSPS) is 13.8. The average molecular weight is 895 g/mol. The second-order valence-corrected chi connectivity index (χ2v) is 19.6. The second kappa shape index (κ2) is 44.2. The molecule has 1 N–H and O–H groups in total. The highest BCUT2D eigenvalue weighted by Crippen LogP contribution is 2.43. The fourth-order valence-corrected chi connectivity index (χ4v) is 7.69. The molecule has 0 amide bonds. The predicted molar refractivity (Wildman–Crippen MR) is 261 cm³/mol. The topological polar surface area (TPSA) is 108 Å². The fraction of sp³-hybridized carbons (Fsp3) is 0.808. The Morgan fingerprint density at radius 1 is 0.516 bits per heavy atom. The molecule has 0 fully saturated rings. The number of likely N-dealkylation sites (N-methyl/N-ethyl adjacent to an activating group) is 1. The molecule has 0 aliphatic rings. The van der Waals surface area contributed by atoms with E-state index in [2.05, 4.69) is 62.5 Å². The molecule has 0 saturated heterocycles. The van der Waals surface area contributed by atoms with Gasteiger partial charge in [0.15, 0.2) is 6.10 Å². The summed E-state index contributed by atoms with van der Waals surface area (Å²) in [4.78, 5) is 35.4. The Labute approximate surface area is 382 Å². The molecule has 2 atom stereocenters. The van der Waals surface area contributed by atoms with Gasteiger partial charge in [-0.25, -0.2) is 4.57 Å². The molecule has 2 unspecified atom stereocenters. The Balaban J connectivity index is 4.04. The largest absolute Gasteiger partial charge is 0.472 e. The highest BCUT2D eigenvalue weighted by atomic mass is 31.2. The van der Waals surface area contributed by atoms with Crippen LogP contribution >= 0.6 is 7.82 Å². The zero-order chi connectivity index (χ0) is 45.7. The van der Waals surface area contributed by atoms with Gasteiger partial charge in [0, 0.05) is 12.8 Å². The third-order valence-corrected chi connectivity index (χ3v) is 11.9. The first-order valence-electron chi connectivity index (χ1n) is 25.4. The van der Waals surface area contributed by atoms with E-state index in [1.54, 1.807) is 0 Å². The summed E-state index contributed by atoms with van der Waals surface area (Å²) in [5.41, 5.74) is 0. The van der Waals surface area contributed by atoms with Crippen molar-refractivity contribution < 1.29 is 42.1 Å². The minimum Gasteiger partial charge on any atom is -0.462 e. The van der Waals surface area contributed by atoms with Crippen LogP contribution in [0.25, 0.3) is 0 Å². The monoisotopic (exact) mass is 895 g/mol. The van der Waals surface area contributed by atoms with E-state index in [4.69, 9.17) is 18.5 Å². The maximum absolute atomic E-state index is 12.7. The summed E-state index contributed by atoms with van der Waals surface area (Å²) in [5, 5.41) is 0. The molecule has 0 spiro atoms. The minimum absolute atomic E-state index is 0.0328. The van der Waals surface area contributed by atoms with Crippen molar-refractivity contribution >= 4 is 19.8 Å². The molecule has 9 nitrogen and oxygen atoms in total. The maximum atomic E-state index is 12.7. The third-order valence-electron chi connectivity index (χ3n) is 10.9. The highest BCUT2D eigenvalue weighted by molar-refractivity contribution is 7.47. The van der Waals surface area contributed by atoms with E-state index < -0.39 is 26.5 Å². The van der Waals surface area contributed by atoms with Crippen LogP contribution in [-0.4, -0.2) is 74.9 Å². The number of phosphoric acid groups is 1. The van der Waals surface area contributed by atoms with E-state index >= 15 is 0 Å². The zero-order valence-corrected chi connectivity index (χ0v) is 41.7. The van der Waals surface area contributed by atoms with Gasteiger partial charge in [-0.15, -0.1) is 0 Å². The first kappa shape index (κ1) is 60.0. The molecule has 10 heteroatoms. The van der Waals surface area contributed by atoms with E-state index in [-0.39, 0.29) is 25.6 Å². The number of esters is 2. The molecule has 0 aliphatic heterocycles. The Kier molecular flexibility index (Phi) is 42.7. The molecule has 0 aromatic heterocycles. The number of carbonyl (C=O) groups excluding carboxylic acids is 2. The van der Waals surface area contributed by atoms with Gasteiger partial charge in [0.1, 0.15) is 19.8 Å². The van der Waals surface area contributed by atoms with E-state index in [1.807, 2.05) is 21.1 Å². The highest BCUT2D eigenvalue weighted by Gasteiger charge is 2.27. The van der Waals surface area contributed by atoms with E-state index in [9.17, 15) is 19.0 Å². The Bertz CT molecular complexity index is 1190. The predicted octanol–water partition coefficient (Wildman–Crippen LogP) is 15.0. The molecule has 0 aliphatic carbocycles. The van der Waals surface area contributed by atoms with E-state index in [0.29, 0.717) is 23.9 Å². The van der Waals surface area contributed by atoms with Gasteiger partial charge < -0.3 is 18.9 Å². The van der Waals surface area contributed by atoms with Gasteiger partial charge in [0.2, 0.25) is 0 Å². The number of hydrogen-bond donors (Lipinski definition) is 1. The van der Waals surface area contributed by atoms with Crippen LogP contribution in [0.5, 0.6) is 0 Å². The summed E-state index contributed by atoms with van der Waals surface area (Å²) < 4.78 is 34.3. The van der Waals surface area contributed by atoms with Crippen molar-refractivity contribution in [3.63, 3.8) is 0 Å². The van der Waals surface area contributed by atoms with Gasteiger partial charge in [-0.05, 0) is 51.4 Å². The lowest BCUT2D eigenvalue weighted by molar-refractivity contribution is -0.870. The average Bonchev–Trinajstić information content (AvgIpc) is 3.23. The van der Waals surface area contributed by atoms with Crippen molar-refractivity contribution in [2.75, 3.05) is 47.5 Å². The second-order valence-electron chi connectivity index (χ2n) is 18.2. The number of hydrogen-bond acceptors (Lipinski definition) is 7. The molecule has 0 rings (SSSR count). The Hall–Kier alpha value is -2.03. The molecular weight excluding hydrogens is 798 g/mol. The lowest BCUT2D eigenvalue weighted by atomic mass is 10.0. The summed E-state index contributed by atoms with van der Waals surface area (Å²) in [7, 11) is 1.48. The van der Waals surface area contributed by atoms with Crippen LogP contribution in [0.15, 0.2) is 48.6 Å². The molecule has 362 valence electrons. The molecule has 62 heavy (non-hydrogen) atoms. The molecular formula is C52H97NO8P+. The molecule has 0 aromatic rings. The van der Waals surface area contributed by atoms with E-state index in [1.165, 1.54) is 128 Å². The van der Waals surface area contributed by atoms with Crippen LogP contribution in [0.2, 0.25) is 0 Å². The van der Waals surface area contributed by atoms with Crippen molar-refractivity contribution in [3.8, 4) is 0 Å². The van der Waals surface area contributed by atoms with Crippen LogP contribution in [0, 0.1) is 0 Å². The molecule has 0 bridgehead atoms. The van der Waals surface area contributed by atoms with Crippen LogP contribution in [-0.2, 0) is 32.7 Å². The number of ether oxygens (including phenoxy) is 2. The number of allylic oxidation sites excluding steroid dienone is 8. The smallest absolute Gasteiger partial charge is 0.462 e. The lowest BCUT2D eigenvalue weighted by Gasteiger charge is -2.24. The molecule has 0 aromatic carbocycles. The SMILES string of the molecule is CC/C=C\C/C=C\C/C=C\C/C=C\CCCCCCCCCCCCCCCCCCC(=O)OC(COC(=O)CCCCCCCCCCC)COP(=O)(O)OCC[N+](C)(C)C. The summed E-state index contributed by atoms with van der Waals surface area (Å²) in [6, 6.07) is 0. The van der Waals surface area contributed by atoms with Crippen molar-refractivity contribution in [1.82, 2.24) is 0 Å². The van der Waals surface area contributed by atoms with Gasteiger partial charge >= 0.3 is 19.8 Å². The van der Waals surface area contributed by atoms with Gasteiger partial charge in [-0.2, -0.15) is 0 Å². The summed E-state index contributed by atoms with van der Waals surface area (Å²) >= 11 is 0. The Morgan fingerprint density at radius 3 is 1.37 bits per heavy atom. The van der Waals surface area contributed by atoms with Gasteiger partial charge in [0.25, 0.3) is 0 Å². The lowest BCUT2D eigenvalue weighted by Crippen LogP contribution is -2.37. The third kappa shape index (κ3) is 47.4. The fourth-order valence-electron chi connectivity index (χ4n) is 6.95. The first-order valence-corrected chi connectivity index (χ1v) is 26.9. The number of quaternary nitrogens is 1. The summed E-state index contributed by atoms with van der Waals surface area (Å²) in [5.74, 6) is -0.795.